The lowest BCUT2D eigenvalue weighted by Crippen LogP contribution is -2.26. The zero-order valence-corrected chi connectivity index (χ0v) is 8.04. The Balaban J connectivity index is 2.02. The summed E-state index contributed by atoms with van der Waals surface area (Å²) in [5.74, 6) is -0.128. The molecule has 76 valence electrons. The molecule has 0 aromatic rings. The third-order valence-corrected chi connectivity index (χ3v) is 2.13. The summed E-state index contributed by atoms with van der Waals surface area (Å²) < 4.78 is 9.71. The number of esters is 1. The van der Waals surface area contributed by atoms with Crippen LogP contribution in [0.4, 0.5) is 0 Å². The normalized spacial score (nSPS) is 21.8. The van der Waals surface area contributed by atoms with Gasteiger partial charge in [0.05, 0.1) is 13.0 Å². The van der Waals surface area contributed by atoms with Gasteiger partial charge in [0.1, 0.15) is 6.61 Å². The summed E-state index contributed by atoms with van der Waals surface area (Å²) in [5.41, 5.74) is 0. The minimum atomic E-state index is -0.128. The molecule has 1 aliphatic heterocycles. The quantitative estimate of drug-likeness (QED) is 0.497. The zero-order chi connectivity index (χ0) is 9.52. The van der Waals surface area contributed by atoms with Gasteiger partial charge in [-0.05, 0) is 19.4 Å². The van der Waals surface area contributed by atoms with E-state index < -0.39 is 0 Å². The first-order valence-corrected chi connectivity index (χ1v) is 4.71. The van der Waals surface area contributed by atoms with Gasteiger partial charge in [-0.2, -0.15) is 0 Å². The van der Waals surface area contributed by atoms with Crippen molar-refractivity contribution in [1.29, 1.82) is 0 Å². The number of ether oxygens (including phenoxy) is 2. The second-order valence-electron chi connectivity index (χ2n) is 3.21. The Kier molecular flexibility index (Phi) is 4.78. The van der Waals surface area contributed by atoms with Gasteiger partial charge in [-0.25, -0.2) is 0 Å². The molecule has 1 rings (SSSR count). The molecule has 1 saturated heterocycles. The van der Waals surface area contributed by atoms with Crippen LogP contribution in [-0.4, -0.2) is 38.9 Å². The van der Waals surface area contributed by atoms with E-state index in [-0.39, 0.29) is 5.97 Å². The highest BCUT2D eigenvalue weighted by molar-refractivity contribution is 5.70. The highest BCUT2D eigenvalue weighted by Gasteiger charge is 2.17. The molecule has 13 heavy (non-hydrogen) atoms. The van der Waals surface area contributed by atoms with Crippen molar-refractivity contribution in [3.63, 3.8) is 0 Å². The Morgan fingerprint density at radius 3 is 3.00 bits per heavy atom. The molecule has 0 amide bonds. The van der Waals surface area contributed by atoms with Gasteiger partial charge in [0.2, 0.25) is 0 Å². The van der Waals surface area contributed by atoms with Gasteiger partial charge in [0, 0.05) is 13.2 Å². The number of hydrogen-bond acceptors (Lipinski definition) is 4. The first-order valence-electron chi connectivity index (χ1n) is 4.71. The Morgan fingerprint density at radius 1 is 1.54 bits per heavy atom. The minimum Gasteiger partial charge on any atom is -0.463 e. The van der Waals surface area contributed by atoms with E-state index in [9.17, 15) is 4.79 Å². The third-order valence-electron chi connectivity index (χ3n) is 2.13. The Bertz CT molecular complexity index is 155. The third kappa shape index (κ3) is 4.24. The topological polar surface area (TPSA) is 47.6 Å². The van der Waals surface area contributed by atoms with E-state index in [0.717, 1.165) is 19.4 Å². The van der Waals surface area contributed by atoms with Gasteiger partial charge < -0.3 is 14.8 Å². The summed E-state index contributed by atoms with van der Waals surface area (Å²) in [6.07, 6.45) is 2.74. The van der Waals surface area contributed by atoms with E-state index in [1.54, 1.807) is 7.11 Å². The van der Waals surface area contributed by atoms with Crippen LogP contribution in [-0.2, 0) is 14.3 Å². The molecular formula is C9H17NO3. The fourth-order valence-electron chi connectivity index (χ4n) is 1.43. The Labute approximate surface area is 78.6 Å². The molecule has 1 aliphatic rings. The average Bonchev–Trinajstić information content (AvgIpc) is 2.57. The fourth-order valence-corrected chi connectivity index (χ4v) is 1.43. The highest BCUT2D eigenvalue weighted by Crippen LogP contribution is 2.08. The standard InChI is InChI=1S/C9H17NO3/c1-12-5-6-13-9(11)7-8-3-2-4-10-8/h8,10H,2-7H2,1H3. The molecule has 0 spiro atoms. The summed E-state index contributed by atoms with van der Waals surface area (Å²) in [5, 5.41) is 3.25. The van der Waals surface area contributed by atoms with Crippen LogP contribution in [0.15, 0.2) is 0 Å². The maximum absolute atomic E-state index is 11.2. The second kappa shape index (κ2) is 5.94. The maximum atomic E-state index is 11.2. The SMILES string of the molecule is COCCOC(=O)CC1CCCN1. The molecule has 4 heteroatoms. The van der Waals surface area contributed by atoms with Crippen LogP contribution in [0, 0.1) is 0 Å². The number of carbonyl (C=O) groups is 1. The van der Waals surface area contributed by atoms with Gasteiger partial charge in [-0.15, -0.1) is 0 Å². The number of hydrogen-bond donors (Lipinski definition) is 1. The molecule has 4 nitrogen and oxygen atoms in total. The van der Waals surface area contributed by atoms with E-state index in [1.807, 2.05) is 0 Å². The lowest BCUT2D eigenvalue weighted by atomic mass is 10.2. The summed E-state index contributed by atoms with van der Waals surface area (Å²) in [4.78, 5) is 11.2. The predicted octanol–water partition coefficient (Wildman–Crippen LogP) is 0.318. The molecule has 0 bridgehead atoms. The van der Waals surface area contributed by atoms with E-state index in [1.165, 1.54) is 0 Å². The number of nitrogens with one attached hydrogen (secondary N) is 1. The van der Waals surface area contributed by atoms with Gasteiger partial charge in [-0.1, -0.05) is 0 Å². The van der Waals surface area contributed by atoms with Crippen LogP contribution >= 0.6 is 0 Å². The summed E-state index contributed by atoms with van der Waals surface area (Å²) >= 11 is 0. The lowest BCUT2D eigenvalue weighted by molar-refractivity contribution is -0.145. The van der Waals surface area contributed by atoms with Crippen LogP contribution in [0.3, 0.4) is 0 Å². The van der Waals surface area contributed by atoms with Crippen molar-refractivity contribution in [3.05, 3.63) is 0 Å². The number of methoxy groups -OCH3 is 1. The van der Waals surface area contributed by atoms with Crippen molar-refractivity contribution in [2.24, 2.45) is 0 Å². The zero-order valence-electron chi connectivity index (χ0n) is 8.04. The predicted molar refractivity (Wildman–Crippen MR) is 48.5 cm³/mol. The van der Waals surface area contributed by atoms with Crippen molar-refractivity contribution in [3.8, 4) is 0 Å². The van der Waals surface area contributed by atoms with Gasteiger partial charge >= 0.3 is 5.97 Å². The molecule has 1 heterocycles. The van der Waals surface area contributed by atoms with Gasteiger partial charge in [-0.3, -0.25) is 4.79 Å². The largest absolute Gasteiger partial charge is 0.463 e. The average molecular weight is 187 g/mol. The number of carbonyl (C=O) groups excluding carboxylic acids is 1. The molecule has 1 fully saturated rings. The monoisotopic (exact) mass is 187 g/mol. The molecule has 1 atom stereocenters. The fraction of sp³-hybridized carbons (Fsp3) is 0.889. The first-order chi connectivity index (χ1) is 6.33. The van der Waals surface area contributed by atoms with E-state index >= 15 is 0 Å². The smallest absolute Gasteiger partial charge is 0.307 e. The number of rotatable bonds is 5. The summed E-state index contributed by atoms with van der Waals surface area (Å²) in [6.45, 7) is 1.86. The molecule has 0 radical (unpaired) electrons. The van der Waals surface area contributed by atoms with E-state index in [2.05, 4.69) is 5.32 Å². The highest BCUT2D eigenvalue weighted by atomic mass is 16.6. The minimum absolute atomic E-state index is 0.128. The Hall–Kier alpha value is -0.610. The molecule has 0 aromatic carbocycles. The van der Waals surface area contributed by atoms with Crippen LogP contribution in [0.2, 0.25) is 0 Å². The van der Waals surface area contributed by atoms with Crippen LogP contribution in [0.5, 0.6) is 0 Å². The van der Waals surface area contributed by atoms with Gasteiger partial charge in [0.15, 0.2) is 0 Å². The Morgan fingerprint density at radius 2 is 2.38 bits per heavy atom. The summed E-state index contributed by atoms with van der Waals surface area (Å²) in [7, 11) is 1.59. The lowest BCUT2D eigenvalue weighted by Gasteiger charge is -2.09. The van der Waals surface area contributed by atoms with Crippen LogP contribution in [0.25, 0.3) is 0 Å². The van der Waals surface area contributed by atoms with E-state index in [0.29, 0.717) is 25.7 Å². The van der Waals surface area contributed by atoms with Crippen molar-refractivity contribution < 1.29 is 14.3 Å². The van der Waals surface area contributed by atoms with Gasteiger partial charge in [0.25, 0.3) is 0 Å². The molecular weight excluding hydrogens is 170 g/mol. The molecule has 1 N–H and O–H groups in total. The van der Waals surface area contributed by atoms with Crippen molar-refractivity contribution in [2.45, 2.75) is 25.3 Å². The van der Waals surface area contributed by atoms with Crippen LogP contribution in [0.1, 0.15) is 19.3 Å². The molecule has 0 aromatic heterocycles. The first kappa shape index (κ1) is 10.5. The van der Waals surface area contributed by atoms with Crippen LogP contribution < -0.4 is 5.32 Å². The van der Waals surface area contributed by atoms with E-state index in [4.69, 9.17) is 9.47 Å². The van der Waals surface area contributed by atoms with Crippen molar-refractivity contribution in [2.75, 3.05) is 26.9 Å². The molecule has 1 unspecified atom stereocenters. The van der Waals surface area contributed by atoms with Crippen molar-refractivity contribution in [1.82, 2.24) is 5.32 Å². The molecule has 0 saturated carbocycles. The summed E-state index contributed by atoms with van der Waals surface area (Å²) in [6, 6.07) is 0.329. The second-order valence-corrected chi connectivity index (χ2v) is 3.21. The van der Waals surface area contributed by atoms with Crippen molar-refractivity contribution >= 4 is 5.97 Å². The maximum Gasteiger partial charge on any atom is 0.307 e. The molecule has 0 aliphatic carbocycles.